The molecule has 0 unspecified atom stereocenters. The monoisotopic (exact) mass is 297 g/mol. The number of carbonyl (C=O) groups excluding carboxylic acids is 1. The third-order valence-electron chi connectivity index (χ3n) is 1.04. The molecular weight excluding hydrogens is 291 g/mol. The van der Waals surface area contributed by atoms with Crippen LogP contribution >= 0.6 is 13.6 Å². The summed E-state index contributed by atoms with van der Waals surface area (Å²) in [5.41, 5.74) is 0.164. The molecule has 0 fully saturated rings. The molecule has 4 nitrogen and oxygen atoms in total. The molecule has 0 aliphatic rings. The summed E-state index contributed by atoms with van der Waals surface area (Å²) in [6, 6.07) is 0. The van der Waals surface area contributed by atoms with Crippen molar-refractivity contribution in [3.63, 3.8) is 0 Å². The predicted molar refractivity (Wildman–Crippen MR) is 45.8 cm³/mol. The molecule has 1 heterocycles. The fraction of sp³-hybridized carbons (Fsp3) is 0.286. The summed E-state index contributed by atoms with van der Waals surface area (Å²) in [6.07, 6.45) is 1.22. The summed E-state index contributed by atoms with van der Waals surface area (Å²) in [5, 5.41) is 0. The van der Waals surface area contributed by atoms with Crippen molar-refractivity contribution in [3.8, 4) is 0 Å². The van der Waals surface area contributed by atoms with E-state index in [4.69, 9.17) is 4.42 Å². The third kappa shape index (κ3) is 4.43. The van der Waals surface area contributed by atoms with Gasteiger partial charge in [-0.15, -0.1) is 0 Å². The van der Waals surface area contributed by atoms with Crippen molar-refractivity contribution in [3.05, 3.63) is 24.8 Å². The van der Waals surface area contributed by atoms with E-state index in [9.17, 15) is 4.79 Å². The number of nitrogens with zero attached hydrogens (tertiary/aromatic N) is 1. The van der Waals surface area contributed by atoms with Crippen LogP contribution in [0.1, 0.15) is 23.3 Å². The molecule has 0 amide bonds. The molecule has 1 aromatic rings. The minimum atomic E-state index is -0.480. The molecule has 1 rings (SSSR count). The molecule has 0 aromatic carbocycles. The topological polar surface area (TPSA) is 52.3 Å². The zero-order chi connectivity index (χ0) is 10.3. The number of ether oxygens (including phenoxy) is 1. The number of halogens is 1. The van der Waals surface area contributed by atoms with Gasteiger partial charge in [-0.05, 0) is 6.92 Å². The van der Waals surface area contributed by atoms with E-state index >= 15 is 0 Å². The summed E-state index contributed by atoms with van der Waals surface area (Å²) < 4.78 is 9.36. The van der Waals surface area contributed by atoms with Crippen LogP contribution in [0.15, 0.2) is 10.7 Å². The van der Waals surface area contributed by atoms with E-state index in [1.165, 1.54) is 22.6 Å². The summed E-state index contributed by atoms with van der Waals surface area (Å²) >= 11 is 4.25. The van der Waals surface area contributed by atoms with Crippen LogP contribution in [0.25, 0.3) is 0 Å². The molecular formula is C7H8BrNO3Zn. The molecule has 0 atom stereocenters. The van der Waals surface area contributed by atoms with Gasteiger partial charge in [0.25, 0.3) is 0 Å². The molecule has 0 bridgehead atoms. The van der Waals surface area contributed by atoms with Gasteiger partial charge in [0.2, 0.25) is 0 Å². The van der Waals surface area contributed by atoms with Gasteiger partial charge in [-0.25, -0.2) is 9.78 Å². The van der Waals surface area contributed by atoms with Gasteiger partial charge in [0.1, 0.15) is 6.26 Å². The second kappa shape index (κ2) is 7.09. The maximum atomic E-state index is 10.9. The van der Waals surface area contributed by atoms with Crippen molar-refractivity contribution < 1.29 is 30.3 Å². The summed E-state index contributed by atoms with van der Waals surface area (Å²) in [5.74, 6) is -0.265. The molecule has 13 heavy (non-hydrogen) atoms. The maximum absolute atomic E-state index is 10.9. The molecule has 0 saturated carbocycles. The first-order chi connectivity index (χ1) is 6.24. The summed E-state index contributed by atoms with van der Waals surface area (Å²) in [6.45, 7) is 5.45. The van der Waals surface area contributed by atoms with Crippen LogP contribution in [0.3, 0.4) is 0 Å². The van der Waals surface area contributed by atoms with E-state index < -0.39 is 5.97 Å². The Morgan fingerprint density at radius 1 is 1.85 bits per heavy atom. The number of hydrogen-bond donors (Lipinski definition) is 0. The molecule has 1 aromatic heterocycles. The van der Waals surface area contributed by atoms with Crippen LogP contribution in [0, 0.1) is 6.92 Å². The Labute approximate surface area is 93.1 Å². The average molecular weight is 299 g/mol. The van der Waals surface area contributed by atoms with E-state index in [0.29, 0.717) is 6.61 Å². The van der Waals surface area contributed by atoms with Crippen molar-refractivity contribution in [2.45, 2.75) is 6.92 Å². The van der Waals surface area contributed by atoms with Crippen LogP contribution in [-0.2, 0) is 21.1 Å². The van der Waals surface area contributed by atoms with Crippen LogP contribution in [-0.4, -0.2) is 17.6 Å². The zero-order valence-corrected chi connectivity index (χ0v) is 11.8. The van der Waals surface area contributed by atoms with Crippen molar-refractivity contribution in [1.82, 2.24) is 4.98 Å². The first-order valence-electron chi connectivity index (χ1n) is 3.45. The molecule has 0 aliphatic heterocycles. The Bertz CT molecular complexity index is 264. The number of rotatable bonds is 2. The van der Waals surface area contributed by atoms with Gasteiger partial charge in [0.15, 0.2) is 5.69 Å². The Hall–Kier alpha value is -0.347. The Morgan fingerprint density at radius 2 is 2.46 bits per heavy atom. The molecule has 6 heteroatoms. The summed E-state index contributed by atoms with van der Waals surface area (Å²) in [7, 11) is 0. The first kappa shape index (κ1) is 12.7. The third-order valence-corrected chi connectivity index (χ3v) is 1.04. The van der Waals surface area contributed by atoms with Crippen LogP contribution in [0.5, 0.6) is 0 Å². The Morgan fingerprint density at radius 3 is 2.85 bits per heavy atom. The van der Waals surface area contributed by atoms with Gasteiger partial charge in [0, 0.05) is 0 Å². The van der Waals surface area contributed by atoms with E-state index in [1.54, 1.807) is 6.92 Å². The van der Waals surface area contributed by atoms with Crippen LogP contribution < -0.4 is 0 Å². The van der Waals surface area contributed by atoms with E-state index in [-0.39, 0.29) is 11.6 Å². The first-order valence-corrected chi connectivity index (χ1v) is 10.4. The van der Waals surface area contributed by atoms with Gasteiger partial charge in [-0.2, -0.15) is 0 Å². The molecule has 0 radical (unpaired) electrons. The molecule has 0 N–H and O–H groups in total. The van der Waals surface area contributed by atoms with Crippen molar-refractivity contribution in [1.29, 1.82) is 0 Å². The molecule has 68 valence electrons. The standard InChI is InChI=1S/C7H8NO3.BrH.Zn/c1-3-10-7(9)6-4-11-5(2)8-6;;/h4H,2-3H2,1H3;1H;/q-1;;+2/p-1. The van der Waals surface area contributed by atoms with E-state index in [0.717, 1.165) is 0 Å². The summed E-state index contributed by atoms with van der Waals surface area (Å²) in [4.78, 5) is 14.6. The second-order valence-electron chi connectivity index (χ2n) is 1.85. The van der Waals surface area contributed by atoms with Gasteiger partial charge in [-0.3, -0.25) is 0 Å². The molecule has 0 spiro atoms. The number of carbonyl (C=O) groups is 1. The van der Waals surface area contributed by atoms with Crippen molar-refractivity contribution in [2.75, 3.05) is 6.61 Å². The fourth-order valence-corrected chi connectivity index (χ4v) is 0.610. The van der Waals surface area contributed by atoms with Crippen molar-refractivity contribution in [2.24, 2.45) is 0 Å². The van der Waals surface area contributed by atoms with Crippen LogP contribution in [0.2, 0.25) is 0 Å². The van der Waals surface area contributed by atoms with E-state index in [1.807, 2.05) is 0 Å². The second-order valence-corrected chi connectivity index (χ2v) is 1.85. The number of hydrogen-bond acceptors (Lipinski definition) is 4. The van der Waals surface area contributed by atoms with Gasteiger partial charge in [-0.1, -0.05) is 0 Å². The van der Waals surface area contributed by atoms with Crippen LogP contribution in [0.4, 0.5) is 0 Å². The average Bonchev–Trinajstić information content (AvgIpc) is 2.56. The SMILES string of the molecule is [CH2-]c1nc(C(=O)OCC)co1.[Zn+][Br]. The van der Waals surface area contributed by atoms with Gasteiger partial charge >= 0.3 is 35.9 Å². The van der Waals surface area contributed by atoms with Gasteiger partial charge < -0.3 is 16.1 Å². The quantitative estimate of drug-likeness (QED) is 0.475. The van der Waals surface area contributed by atoms with Crippen molar-refractivity contribution >= 4 is 19.6 Å². The number of esters is 1. The molecule has 0 saturated heterocycles. The minimum absolute atomic E-state index is 0.164. The van der Waals surface area contributed by atoms with E-state index in [2.05, 4.69) is 30.3 Å². The number of aromatic nitrogens is 1. The fourth-order valence-electron chi connectivity index (χ4n) is 0.610. The number of oxazole rings is 1. The van der Waals surface area contributed by atoms with Gasteiger partial charge in [0.05, 0.1) is 12.5 Å². The Kier molecular flexibility index (Phi) is 6.91. The Balaban J connectivity index is 0.000000671. The normalized spacial score (nSPS) is 8.62. The predicted octanol–water partition coefficient (Wildman–Crippen LogP) is 1.88. The molecule has 0 aliphatic carbocycles. The zero-order valence-electron chi connectivity index (χ0n) is 7.25.